The smallest absolute Gasteiger partial charge is 0.336 e. The van der Waals surface area contributed by atoms with Crippen molar-refractivity contribution >= 4 is 23.6 Å². The summed E-state index contributed by atoms with van der Waals surface area (Å²) in [5.41, 5.74) is 3.32. The number of carboxylic acid groups (broad SMARTS) is 1. The lowest BCUT2D eigenvalue weighted by Crippen LogP contribution is -2.03. The molecule has 0 spiro atoms. The molecule has 2 aromatic rings. The Kier molecular flexibility index (Phi) is 34.0. The first kappa shape index (κ1) is 45.5. The van der Waals surface area contributed by atoms with Gasteiger partial charge < -0.3 is 9.84 Å². The van der Waals surface area contributed by atoms with Crippen LogP contribution in [0.3, 0.4) is 0 Å². The van der Waals surface area contributed by atoms with Crippen LogP contribution in [0.1, 0.15) is 73.9 Å². The van der Waals surface area contributed by atoms with E-state index in [-0.39, 0.29) is 5.57 Å². The maximum Gasteiger partial charge on any atom is 0.336 e. The van der Waals surface area contributed by atoms with E-state index >= 15 is 0 Å². The molecule has 43 heavy (non-hydrogen) atoms. The Morgan fingerprint density at radius 1 is 1.07 bits per heavy atom. The van der Waals surface area contributed by atoms with E-state index in [1.54, 1.807) is 49.0 Å². The van der Waals surface area contributed by atoms with Crippen molar-refractivity contribution in [3.8, 4) is 37.1 Å². The number of ether oxygens (including phenoxy) is 1. The molecule has 1 aromatic carbocycles. The Morgan fingerprint density at radius 2 is 1.60 bits per heavy atom. The number of carboxylic acids is 1. The standard InChI is InChI=1S/C20H21ClN2O3.C8H14.C3H6.C2H6.2C2H2/c1-4-15(12-14(3)21)19(20(24)25)13-16-10-11-23(22-16)17-6-8-18(9-7-17)26-5-2;1-4-5-6-7-8(2)3;1-3-2;3*1-2/h4,6-13H,5H2,1-3H3,(H,24,25);4-5H,2,6-7H2,1,3H3;3H,1H2,2H3;1-2H3;2*1-2H/b14-12+,15-4+,19-13-;5-4+;;;;. The number of nitrogens with zero attached hydrogens (tertiary/aromatic N) is 2. The first-order chi connectivity index (χ1) is 20.6. The molecule has 2 rings (SSSR count). The highest BCUT2D eigenvalue weighted by Crippen LogP contribution is 2.20. The molecule has 0 atom stereocenters. The van der Waals surface area contributed by atoms with Crippen molar-refractivity contribution in [2.24, 2.45) is 0 Å². The zero-order valence-electron chi connectivity index (χ0n) is 27.3. The number of halogens is 1. The third kappa shape index (κ3) is 23.9. The normalized spacial score (nSPS) is 10.3. The number of hydrogen-bond donors (Lipinski definition) is 1. The van der Waals surface area contributed by atoms with Crippen molar-refractivity contribution < 1.29 is 14.6 Å². The quantitative estimate of drug-likeness (QED) is 0.126. The van der Waals surface area contributed by atoms with Gasteiger partial charge in [0.05, 0.1) is 23.6 Å². The number of carbonyl (C=O) groups is 1. The van der Waals surface area contributed by atoms with Gasteiger partial charge in [0.15, 0.2) is 0 Å². The van der Waals surface area contributed by atoms with Crippen molar-refractivity contribution in [2.75, 3.05) is 6.61 Å². The number of hydrogen-bond acceptors (Lipinski definition) is 3. The van der Waals surface area contributed by atoms with Gasteiger partial charge in [0.1, 0.15) is 5.75 Å². The fraction of sp³-hybridized carbons (Fsp3) is 0.297. The van der Waals surface area contributed by atoms with Crippen LogP contribution in [-0.2, 0) is 4.79 Å². The molecule has 5 nitrogen and oxygen atoms in total. The fourth-order valence-corrected chi connectivity index (χ4v) is 2.98. The lowest BCUT2D eigenvalue weighted by atomic mass is 10.0. The van der Waals surface area contributed by atoms with E-state index in [1.165, 1.54) is 11.6 Å². The first-order valence-corrected chi connectivity index (χ1v) is 14.2. The highest BCUT2D eigenvalue weighted by molar-refractivity contribution is 6.29. The van der Waals surface area contributed by atoms with E-state index in [4.69, 9.17) is 16.3 Å². The molecule has 0 aliphatic rings. The summed E-state index contributed by atoms with van der Waals surface area (Å²) in [6.07, 6.45) is 30.9. The van der Waals surface area contributed by atoms with Crippen molar-refractivity contribution in [3.63, 3.8) is 0 Å². The van der Waals surface area contributed by atoms with Gasteiger partial charge in [0.25, 0.3) is 0 Å². The summed E-state index contributed by atoms with van der Waals surface area (Å²) in [7, 11) is 0. The number of rotatable bonds is 10. The van der Waals surface area contributed by atoms with Crippen LogP contribution in [0.5, 0.6) is 5.75 Å². The maximum absolute atomic E-state index is 11.6. The Labute approximate surface area is 267 Å². The van der Waals surface area contributed by atoms with Gasteiger partial charge in [-0.3, -0.25) is 0 Å². The van der Waals surface area contributed by atoms with Gasteiger partial charge in [-0.05, 0) is 102 Å². The van der Waals surface area contributed by atoms with E-state index in [0.717, 1.165) is 24.3 Å². The lowest BCUT2D eigenvalue weighted by Gasteiger charge is -2.05. The predicted molar refractivity (Wildman–Crippen MR) is 190 cm³/mol. The molecule has 1 heterocycles. The molecule has 0 radical (unpaired) electrons. The van der Waals surface area contributed by atoms with Gasteiger partial charge >= 0.3 is 5.97 Å². The lowest BCUT2D eigenvalue weighted by molar-refractivity contribution is -0.132. The molecule has 0 amide bonds. The summed E-state index contributed by atoms with van der Waals surface area (Å²) in [5, 5.41) is 14.5. The highest BCUT2D eigenvalue weighted by atomic mass is 35.5. The van der Waals surface area contributed by atoms with Crippen LogP contribution in [0.2, 0.25) is 0 Å². The van der Waals surface area contributed by atoms with Gasteiger partial charge in [-0.25, -0.2) is 9.48 Å². The predicted octanol–water partition coefficient (Wildman–Crippen LogP) is 10.5. The Hall–Kier alpha value is -4.45. The monoisotopic (exact) mass is 606 g/mol. The minimum atomic E-state index is -1.04. The van der Waals surface area contributed by atoms with E-state index < -0.39 is 5.97 Å². The van der Waals surface area contributed by atoms with E-state index in [1.807, 2.05) is 58.9 Å². The van der Waals surface area contributed by atoms with Crippen LogP contribution in [0.15, 0.2) is 102 Å². The molecule has 0 aliphatic carbocycles. The number of terminal acetylenes is 2. The van der Waals surface area contributed by atoms with Crippen molar-refractivity contribution in [1.82, 2.24) is 9.78 Å². The molecule has 6 heteroatoms. The van der Waals surface area contributed by atoms with Crippen molar-refractivity contribution in [1.29, 1.82) is 0 Å². The van der Waals surface area contributed by atoms with E-state index in [2.05, 4.69) is 63.0 Å². The van der Waals surface area contributed by atoms with Crippen LogP contribution in [0.4, 0.5) is 0 Å². The molecule has 1 N–H and O–H groups in total. The second-order valence-corrected chi connectivity index (χ2v) is 8.52. The molecule has 0 unspecified atom stereocenters. The summed E-state index contributed by atoms with van der Waals surface area (Å²) in [6.45, 7) is 23.1. The zero-order valence-corrected chi connectivity index (χ0v) is 28.1. The number of aromatic nitrogens is 2. The number of benzene rings is 1. The van der Waals surface area contributed by atoms with Crippen LogP contribution < -0.4 is 4.74 Å². The highest BCUT2D eigenvalue weighted by Gasteiger charge is 2.12. The molecule has 0 aliphatic heterocycles. The summed E-state index contributed by atoms with van der Waals surface area (Å²) >= 11 is 5.89. The minimum absolute atomic E-state index is 0.129. The van der Waals surface area contributed by atoms with Crippen molar-refractivity contribution in [3.05, 3.63) is 108 Å². The molecule has 1 aromatic heterocycles. The molecule has 0 saturated heterocycles. The molecule has 0 fully saturated rings. The maximum atomic E-state index is 11.6. The minimum Gasteiger partial charge on any atom is -0.494 e. The van der Waals surface area contributed by atoms with Gasteiger partial charge in [-0.2, -0.15) is 5.10 Å². The summed E-state index contributed by atoms with van der Waals surface area (Å²) in [5.74, 6) is -0.250. The second-order valence-electron chi connectivity index (χ2n) is 7.92. The third-order valence-corrected chi connectivity index (χ3v) is 4.60. The summed E-state index contributed by atoms with van der Waals surface area (Å²) in [6, 6.07) is 9.26. The van der Waals surface area contributed by atoms with E-state index in [0.29, 0.717) is 22.9 Å². The first-order valence-electron chi connectivity index (χ1n) is 13.9. The van der Waals surface area contributed by atoms with Crippen molar-refractivity contribution in [2.45, 2.75) is 68.2 Å². The van der Waals surface area contributed by atoms with Gasteiger partial charge in [0.2, 0.25) is 0 Å². The van der Waals surface area contributed by atoms with Gasteiger partial charge in [-0.15, -0.1) is 38.9 Å². The number of aliphatic carboxylic acids is 1. The molecular formula is C37H51ClN2O3. The largest absolute Gasteiger partial charge is 0.494 e. The Bertz CT molecular complexity index is 1180. The van der Waals surface area contributed by atoms with Crippen LogP contribution in [0.25, 0.3) is 11.8 Å². The summed E-state index contributed by atoms with van der Waals surface area (Å²) in [4.78, 5) is 11.6. The van der Waals surface area contributed by atoms with E-state index in [9.17, 15) is 9.90 Å². The average Bonchev–Trinajstić information content (AvgIpc) is 3.48. The summed E-state index contributed by atoms with van der Waals surface area (Å²) < 4.78 is 7.10. The van der Waals surface area contributed by atoms with Crippen LogP contribution in [0, 0.1) is 25.7 Å². The molecule has 0 bridgehead atoms. The Balaban J connectivity index is -0.000000373. The Morgan fingerprint density at radius 3 is 2.00 bits per heavy atom. The number of allylic oxidation sites excluding steroid dienone is 7. The topological polar surface area (TPSA) is 64.4 Å². The van der Waals surface area contributed by atoms with Gasteiger partial charge in [0, 0.05) is 11.2 Å². The van der Waals surface area contributed by atoms with Gasteiger partial charge in [-0.1, -0.05) is 55.3 Å². The zero-order chi connectivity index (χ0) is 34.2. The second kappa shape index (κ2) is 32.1. The van der Waals surface area contributed by atoms with Crippen LogP contribution >= 0.6 is 11.6 Å². The fourth-order valence-electron chi connectivity index (χ4n) is 2.86. The third-order valence-electron chi connectivity index (χ3n) is 4.49. The molecule has 0 saturated carbocycles. The average molecular weight is 607 g/mol. The molecular weight excluding hydrogens is 556 g/mol. The SMILES string of the molecule is C#C.C#C.C/C=C(\C=C(/C)Cl)C(=C/c1ccn(-c2ccc(OCC)cc2)n1)/C(=O)O.C=C(C)CC/C=C/C.C=CC.CC. The molecule has 234 valence electrons. The van der Waals surface area contributed by atoms with Crippen LogP contribution in [-0.4, -0.2) is 27.5 Å².